The predicted molar refractivity (Wildman–Crippen MR) is 78.1 cm³/mol. The summed E-state index contributed by atoms with van der Waals surface area (Å²) in [6.45, 7) is 7.92. The van der Waals surface area contributed by atoms with E-state index in [1.165, 1.54) is 12.8 Å². The van der Waals surface area contributed by atoms with Gasteiger partial charge in [-0.15, -0.1) is 0 Å². The number of rotatable bonds is 3. The van der Waals surface area contributed by atoms with Crippen LogP contribution in [0.5, 0.6) is 0 Å². The number of hydrogen-bond donors (Lipinski definition) is 0. The number of amides is 1. The van der Waals surface area contributed by atoms with Gasteiger partial charge >= 0.3 is 6.09 Å². The number of halogens is 1. The molecule has 0 aromatic rings. The summed E-state index contributed by atoms with van der Waals surface area (Å²) in [6, 6.07) is 0. The Kier molecular flexibility index (Phi) is 4.41. The topological polar surface area (TPSA) is 38.8 Å². The van der Waals surface area contributed by atoms with E-state index >= 15 is 0 Å². The van der Waals surface area contributed by atoms with E-state index in [1.807, 2.05) is 20.8 Å². The molecule has 0 aromatic carbocycles. The van der Waals surface area contributed by atoms with Gasteiger partial charge in [-0.05, 0) is 39.5 Å². The molecule has 0 aromatic heterocycles. The van der Waals surface area contributed by atoms with Crippen LogP contribution in [0.1, 0.15) is 33.6 Å². The number of ether oxygens (including phenoxy) is 2. The van der Waals surface area contributed by atoms with Gasteiger partial charge in [0.2, 0.25) is 0 Å². The summed E-state index contributed by atoms with van der Waals surface area (Å²) >= 11 is 2.37. The molecule has 1 heterocycles. The van der Waals surface area contributed by atoms with Crippen molar-refractivity contribution in [1.29, 1.82) is 0 Å². The SMILES string of the molecule is CC(C)(C)OC(=O)N1CC(I)C(OCC2CC2)C1. The van der Waals surface area contributed by atoms with Crippen molar-refractivity contribution in [3.05, 3.63) is 0 Å². The van der Waals surface area contributed by atoms with E-state index in [-0.39, 0.29) is 12.2 Å². The Morgan fingerprint density at radius 3 is 2.56 bits per heavy atom. The van der Waals surface area contributed by atoms with E-state index in [1.54, 1.807) is 4.90 Å². The van der Waals surface area contributed by atoms with Gasteiger partial charge in [-0.2, -0.15) is 0 Å². The van der Waals surface area contributed by atoms with Crippen LogP contribution in [0.4, 0.5) is 4.79 Å². The van der Waals surface area contributed by atoms with Gasteiger partial charge in [0, 0.05) is 13.2 Å². The first-order valence-electron chi connectivity index (χ1n) is 6.59. The van der Waals surface area contributed by atoms with Crippen LogP contribution in [0.3, 0.4) is 0 Å². The molecule has 1 saturated carbocycles. The van der Waals surface area contributed by atoms with Gasteiger partial charge in [-0.25, -0.2) is 4.79 Å². The molecule has 104 valence electrons. The Morgan fingerprint density at radius 2 is 2.00 bits per heavy atom. The molecular weight excluding hydrogens is 345 g/mol. The number of nitrogens with zero attached hydrogens (tertiary/aromatic N) is 1. The average Bonchev–Trinajstić information content (AvgIpc) is 2.97. The maximum absolute atomic E-state index is 11.9. The molecule has 2 unspecified atom stereocenters. The van der Waals surface area contributed by atoms with Gasteiger partial charge in [-0.1, -0.05) is 22.6 Å². The van der Waals surface area contributed by atoms with Crippen LogP contribution in [-0.4, -0.2) is 46.3 Å². The van der Waals surface area contributed by atoms with Gasteiger partial charge in [0.1, 0.15) is 5.60 Å². The molecule has 1 aliphatic carbocycles. The van der Waals surface area contributed by atoms with E-state index in [9.17, 15) is 4.79 Å². The minimum Gasteiger partial charge on any atom is -0.444 e. The molecule has 0 radical (unpaired) electrons. The number of carbonyl (C=O) groups excluding carboxylic acids is 1. The highest BCUT2D eigenvalue weighted by molar-refractivity contribution is 14.1. The van der Waals surface area contributed by atoms with E-state index in [4.69, 9.17) is 9.47 Å². The molecule has 1 aliphatic heterocycles. The zero-order valence-electron chi connectivity index (χ0n) is 11.3. The highest BCUT2D eigenvalue weighted by Gasteiger charge is 2.37. The minimum atomic E-state index is -0.426. The highest BCUT2D eigenvalue weighted by atomic mass is 127. The zero-order chi connectivity index (χ0) is 13.3. The molecule has 1 amide bonds. The van der Waals surface area contributed by atoms with Crippen molar-refractivity contribution in [2.45, 2.75) is 49.2 Å². The Balaban J connectivity index is 1.79. The van der Waals surface area contributed by atoms with Crippen LogP contribution in [-0.2, 0) is 9.47 Å². The van der Waals surface area contributed by atoms with Crippen molar-refractivity contribution in [3.63, 3.8) is 0 Å². The van der Waals surface area contributed by atoms with Crippen LogP contribution in [0, 0.1) is 5.92 Å². The van der Waals surface area contributed by atoms with E-state index in [0.29, 0.717) is 10.5 Å². The lowest BCUT2D eigenvalue weighted by Gasteiger charge is -2.24. The van der Waals surface area contributed by atoms with Gasteiger partial charge in [0.15, 0.2) is 0 Å². The fourth-order valence-corrected chi connectivity index (χ4v) is 2.82. The fourth-order valence-electron chi connectivity index (χ4n) is 1.91. The summed E-state index contributed by atoms with van der Waals surface area (Å²) in [6.07, 6.45) is 2.54. The summed E-state index contributed by atoms with van der Waals surface area (Å²) in [5.41, 5.74) is -0.426. The molecule has 2 aliphatic rings. The Morgan fingerprint density at radius 1 is 1.33 bits per heavy atom. The van der Waals surface area contributed by atoms with Crippen LogP contribution in [0.15, 0.2) is 0 Å². The normalized spacial score (nSPS) is 28.6. The smallest absolute Gasteiger partial charge is 0.410 e. The third-order valence-corrected chi connectivity index (χ3v) is 4.29. The second-order valence-corrected chi connectivity index (χ2v) is 7.82. The first-order valence-corrected chi connectivity index (χ1v) is 7.83. The first-order chi connectivity index (χ1) is 8.35. The van der Waals surface area contributed by atoms with Crippen molar-refractivity contribution in [1.82, 2.24) is 4.90 Å². The lowest BCUT2D eigenvalue weighted by Crippen LogP contribution is -2.36. The minimum absolute atomic E-state index is 0.165. The summed E-state index contributed by atoms with van der Waals surface area (Å²) in [7, 11) is 0. The third kappa shape index (κ3) is 4.26. The van der Waals surface area contributed by atoms with Gasteiger partial charge in [0.25, 0.3) is 0 Å². The van der Waals surface area contributed by atoms with Crippen molar-refractivity contribution in [3.8, 4) is 0 Å². The summed E-state index contributed by atoms with van der Waals surface area (Å²) < 4.78 is 11.6. The fraction of sp³-hybridized carbons (Fsp3) is 0.923. The lowest BCUT2D eigenvalue weighted by molar-refractivity contribution is 0.0202. The second-order valence-electron chi connectivity index (χ2n) is 6.22. The third-order valence-electron chi connectivity index (χ3n) is 3.09. The summed E-state index contributed by atoms with van der Waals surface area (Å²) in [5.74, 6) is 0.768. The summed E-state index contributed by atoms with van der Waals surface area (Å²) in [5, 5.41) is 0. The monoisotopic (exact) mass is 367 g/mol. The van der Waals surface area contributed by atoms with Crippen molar-refractivity contribution < 1.29 is 14.3 Å². The molecule has 4 nitrogen and oxygen atoms in total. The molecule has 0 N–H and O–H groups in total. The van der Waals surface area contributed by atoms with Gasteiger partial charge in [-0.3, -0.25) is 0 Å². The molecule has 5 heteroatoms. The molecule has 0 spiro atoms. The largest absolute Gasteiger partial charge is 0.444 e. The standard InChI is InChI=1S/C13H22INO3/c1-13(2,3)18-12(16)15-6-10(14)11(7-15)17-8-9-4-5-9/h9-11H,4-8H2,1-3H3. The Labute approximate surface area is 123 Å². The Bertz CT molecular complexity index is 312. The van der Waals surface area contributed by atoms with E-state index < -0.39 is 5.60 Å². The zero-order valence-corrected chi connectivity index (χ0v) is 13.5. The number of likely N-dealkylation sites (tertiary alicyclic amines) is 1. The van der Waals surface area contributed by atoms with E-state index in [2.05, 4.69) is 22.6 Å². The number of alkyl halides is 1. The van der Waals surface area contributed by atoms with Crippen LogP contribution < -0.4 is 0 Å². The molecule has 0 bridgehead atoms. The van der Waals surface area contributed by atoms with Crippen LogP contribution in [0.2, 0.25) is 0 Å². The number of hydrogen-bond acceptors (Lipinski definition) is 3. The quantitative estimate of drug-likeness (QED) is 0.569. The average molecular weight is 367 g/mol. The van der Waals surface area contributed by atoms with Crippen LogP contribution >= 0.6 is 22.6 Å². The van der Waals surface area contributed by atoms with E-state index in [0.717, 1.165) is 19.1 Å². The van der Waals surface area contributed by atoms with Crippen molar-refractivity contribution >= 4 is 28.7 Å². The second kappa shape index (κ2) is 5.53. The summed E-state index contributed by atoms with van der Waals surface area (Å²) in [4.78, 5) is 13.7. The maximum Gasteiger partial charge on any atom is 0.410 e. The molecule has 2 atom stereocenters. The molecule has 2 fully saturated rings. The maximum atomic E-state index is 11.9. The first kappa shape index (κ1) is 14.4. The highest BCUT2D eigenvalue weighted by Crippen LogP contribution is 2.31. The number of carbonyl (C=O) groups is 1. The van der Waals surface area contributed by atoms with Gasteiger partial charge < -0.3 is 14.4 Å². The van der Waals surface area contributed by atoms with Crippen molar-refractivity contribution in [2.75, 3.05) is 19.7 Å². The van der Waals surface area contributed by atoms with Gasteiger partial charge in [0.05, 0.1) is 16.6 Å². The van der Waals surface area contributed by atoms with Crippen LogP contribution in [0.25, 0.3) is 0 Å². The van der Waals surface area contributed by atoms with Crippen molar-refractivity contribution in [2.24, 2.45) is 5.92 Å². The predicted octanol–water partition coefficient (Wildman–Crippen LogP) is 2.84. The molecule has 2 rings (SSSR count). The molecule has 1 saturated heterocycles. The lowest BCUT2D eigenvalue weighted by atomic mass is 10.2. The molecule has 18 heavy (non-hydrogen) atoms. The Hall–Kier alpha value is -0.0400. The molecular formula is C13H22INO3.